The van der Waals surface area contributed by atoms with E-state index in [4.69, 9.17) is 14.2 Å². The highest BCUT2D eigenvalue weighted by atomic mass is 19.4. The van der Waals surface area contributed by atoms with E-state index in [1.54, 1.807) is 0 Å². The highest BCUT2D eigenvalue weighted by Gasteiger charge is 2.37. The van der Waals surface area contributed by atoms with Gasteiger partial charge in [-0.1, -0.05) is 6.07 Å². The third kappa shape index (κ3) is 4.07. The molecule has 0 atom stereocenters. The molecule has 0 unspecified atom stereocenters. The first-order valence-corrected chi connectivity index (χ1v) is 5.91. The molecule has 0 radical (unpaired) electrons. The van der Waals surface area contributed by atoms with E-state index in [0.717, 1.165) is 12.1 Å². The zero-order valence-electron chi connectivity index (χ0n) is 11.9. The van der Waals surface area contributed by atoms with Gasteiger partial charge in [0, 0.05) is 21.3 Å². The van der Waals surface area contributed by atoms with Crippen LogP contribution < -0.4 is 4.74 Å². The Morgan fingerprint density at radius 3 is 2.19 bits per heavy atom. The fourth-order valence-corrected chi connectivity index (χ4v) is 1.87. The molecule has 0 saturated heterocycles. The number of rotatable bonds is 7. The van der Waals surface area contributed by atoms with Crippen LogP contribution in [-0.4, -0.2) is 33.2 Å². The summed E-state index contributed by atoms with van der Waals surface area (Å²) in [6.07, 6.45) is -5.74. The zero-order chi connectivity index (χ0) is 16.0. The normalized spacial score (nSPS) is 12.0. The summed E-state index contributed by atoms with van der Waals surface area (Å²) in [5.74, 6) is -0.482. The standard InChI is InChI=1S/C13H17F3O5/c1-18-7-21-11-9(13(14,15)16)5-4-8(6-17)10(11)12(19-2)20-3/h4-5,12,17H,6-7H2,1-3H3. The lowest BCUT2D eigenvalue weighted by Gasteiger charge is -2.23. The van der Waals surface area contributed by atoms with Gasteiger partial charge in [0.25, 0.3) is 0 Å². The van der Waals surface area contributed by atoms with Gasteiger partial charge in [0.05, 0.1) is 17.7 Å². The molecule has 1 aromatic carbocycles. The molecule has 0 aliphatic carbocycles. The Hall–Kier alpha value is -1.35. The first-order valence-electron chi connectivity index (χ1n) is 5.91. The van der Waals surface area contributed by atoms with E-state index in [2.05, 4.69) is 4.74 Å². The molecule has 0 fully saturated rings. The first kappa shape index (κ1) is 17.7. The van der Waals surface area contributed by atoms with E-state index >= 15 is 0 Å². The molecular weight excluding hydrogens is 293 g/mol. The molecule has 120 valence electrons. The van der Waals surface area contributed by atoms with Crippen molar-refractivity contribution in [2.24, 2.45) is 0 Å². The van der Waals surface area contributed by atoms with Gasteiger partial charge in [-0.15, -0.1) is 0 Å². The van der Waals surface area contributed by atoms with Crippen LogP contribution in [0.1, 0.15) is 23.0 Å². The van der Waals surface area contributed by atoms with Crippen LogP contribution in [-0.2, 0) is 27.0 Å². The fourth-order valence-electron chi connectivity index (χ4n) is 1.87. The summed E-state index contributed by atoms with van der Waals surface area (Å²) >= 11 is 0. The van der Waals surface area contributed by atoms with Crippen LogP contribution in [0.15, 0.2) is 12.1 Å². The topological polar surface area (TPSA) is 57.2 Å². The summed E-state index contributed by atoms with van der Waals surface area (Å²) in [7, 11) is 3.83. The van der Waals surface area contributed by atoms with Crippen molar-refractivity contribution in [3.8, 4) is 5.75 Å². The fraction of sp³-hybridized carbons (Fsp3) is 0.538. The van der Waals surface area contributed by atoms with Crippen molar-refractivity contribution in [2.45, 2.75) is 19.1 Å². The Bertz CT molecular complexity index is 458. The average molecular weight is 310 g/mol. The number of benzene rings is 1. The van der Waals surface area contributed by atoms with Crippen molar-refractivity contribution in [1.82, 2.24) is 0 Å². The SMILES string of the molecule is COCOc1c(C(F)(F)F)ccc(CO)c1C(OC)OC. The van der Waals surface area contributed by atoms with Crippen LogP contribution in [0.3, 0.4) is 0 Å². The predicted molar refractivity (Wildman–Crippen MR) is 66.6 cm³/mol. The Balaban J connectivity index is 3.52. The van der Waals surface area contributed by atoms with Crippen molar-refractivity contribution in [3.05, 3.63) is 28.8 Å². The molecule has 1 rings (SSSR count). The van der Waals surface area contributed by atoms with Crippen LogP contribution in [0, 0.1) is 0 Å². The molecule has 5 nitrogen and oxygen atoms in total. The maximum Gasteiger partial charge on any atom is 0.419 e. The number of aliphatic hydroxyl groups excluding tert-OH is 1. The van der Waals surface area contributed by atoms with Crippen LogP contribution in [0.4, 0.5) is 13.2 Å². The number of halogens is 3. The lowest BCUT2D eigenvalue weighted by atomic mass is 10.0. The van der Waals surface area contributed by atoms with Gasteiger partial charge >= 0.3 is 6.18 Å². The summed E-state index contributed by atoms with van der Waals surface area (Å²) < 4.78 is 59.0. The second-order valence-electron chi connectivity index (χ2n) is 4.03. The molecule has 0 spiro atoms. The number of alkyl halides is 3. The van der Waals surface area contributed by atoms with E-state index < -0.39 is 30.4 Å². The summed E-state index contributed by atoms with van der Waals surface area (Å²) in [6, 6.07) is 1.99. The van der Waals surface area contributed by atoms with Crippen molar-refractivity contribution in [1.29, 1.82) is 0 Å². The minimum absolute atomic E-state index is 0.0191. The molecule has 0 heterocycles. The van der Waals surface area contributed by atoms with Crippen LogP contribution in [0.5, 0.6) is 5.75 Å². The van der Waals surface area contributed by atoms with Crippen molar-refractivity contribution in [2.75, 3.05) is 28.1 Å². The van der Waals surface area contributed by atoms with E-state index in [1.807, 2.05) is 0 Å². The number of aliphatic hydroxyl groups is 1. The monoisotopic (exact) mass is 310 g/mol. The maximum atomic E-state index is 13.1. The molecule has 1 aromatic rings. The number of ether oxygens (including phenoxy) is 4. The molecule has 8 heteroatoms. The van der Waals surface area contributed by atoms with Crippen LogP contribution >= 0.6 is 0 Å². The van der Waals surface area contributed by atoms with Gasteiger partial charge in [-0.3, -0.25) is 0 Å². The number of hydrogen-bond acceptors (Lipinski definition) is 5. The average Bonchev–Trinajstić information content (AvgIpc) is 2.45. The molecule has 0 aliphatic rings. The molecule has 0 aliphatic heterocycles. The Labute approximate surface area is 120 Å². The summed E-state index contributed by atoms with van der Waals surface area (Å²) in [5, 5.41) is 9.32. The molecule has 0 amide bonds. The summed E-state index contributed by atoms with van der Waals surface area (Å²) in [5.41, 5.74) is -0.803. The minimum Gasteiger partial charge on any atom is -0.466 e. The molecular formula is C13H17F3O5. The minimum atomic E-state index is -4.63. The maximum absolute atomic E-state index is 13.1. The lowest BCUT2D eigenvalue weighted by Crippen LogP contribution is -2.17. The zero-order valence-corrected chi connectivity index (χ0v) is 11.9. The molecule has 1 N–H and O–H groups in total. The summed E-state index contributed by atoms with van der Waals surface area (Å²) in [6.45, 7) is -0.870. The molecule has 0 bridgehead atoms. The van der Waals surface area contributed by atoms with Gasteiger partial charge in [0.15, 0.2) is 13.1 Å². The van der Waals surface area contributed by atoms with Crippen molar-refractivity contribution >= 4 is 0 Å². The van der Waals surface area contributed by atoms with Gasteiger partial charge in [0.1, 0.15) is 5.75 Å². The largest absolute Gasteiger partial charge is 0.466 e. The van der Waals surface area contributed by atoms with Gasteiger partial charge in [-0.2, -0.15) is 13.2 Å². The lowest BCUT2D eigenvalue weighted by molar-refractivity contribution is -0.141. The Morgan fingerprint density at radius 1 is 1.14 bits per heavy atom. The first-order chi connectivity index (χ1) is 9.90. The van der Waals surface area contributed by atoms with Gasteiger partial charge in [-0.05, 0) is 11.6 Å². The number of hydrogen-bond donors (Lipinski definition) is 1. The van der Waals surface area contributed by atoms with Gasteiger partial charge in [-0.25, -0.2) is 0 Å². The van der Waals surface area contributed by atoms with E-state index in [0.29, 0.717) is 0 Å². The third-order valence-electron chi connectivity index (χ3n) is 2.75. The van der Waals surface area contributed by atoms with Crippen molar-refractivity contribution in [3.63, 3.8) is 0 Å². The second kappa shape index (κ2) is 7.60. The van der Waals surface area contributed by atoms with E-state index in [-0.39, 0.29) is 17.9 Å². The summed E-state index contributed by atoms with van der Waals surface area (Å²) in [4.78, 5) is 0. The van der Waals surface area contributed by atoms with E-state index in [9.17, 15) is 18.3 Å². The highest BCUT2D eigenvalue weighted by Crippen LogP contribution is 2.42. The second-order valence-corrected chi connectivity index (χ2v) is 4.03. The van der Waals surface area contributed by atoms with Crippen LogP contribution in [0.2, 0.25) is 0 Å². The smallest absolute Gasteiger partial charge is 0.419 e. The molecule has 0 aromatic heterocycles. The molecule has 0 saturated carbocycles. The highest BCUT2D eigenvalue weighted by molar-refractivity contribution is 5.48. The quantitative estimate of drug-likeness (QED) is 0.784. The van der Waals surface area contributed by atoms with Crippen molar-refractivity contribution < 1.29 is 37.2 Å². The number of methoxy groups -OCH3 is 3. The van der Waals surface area contributed by atoms with Gasteiger partial charge in [0.2, 0.25) is 0 Å². The van der Waals surface area contributed by atoms with Gasteiger partial charge < -0.3 is 24.1 Å². The third-order valence-corrected chi connectivity index (χ3v) is 2.75. The van der Waals surface area contributed by atoms with Crippen LogP contribution in [0.25, 0.3) is 0 Å². The molecule has 21 heavy (non-hydrogen) atoms. The predicted octanol–water partition coefficient (Wildman–Crippen LogP) is 2.47. The Morgan fingerprint density at radius 2 is 1.76 bits per heavy atom. The van der Waals surface area contributed by atoms with E-state index in [1.165, 1.54) is 21.3 Å². The Kier molecular flexibility index (Phi) is 6.41.